The van der Waals surface area contributed by atoms with Crippen LogP contribution >= 0.6 is 10.6 Å². The molecule has 0 atom stereocenters. The van der Waals surface area contributed by atoms with Crippen molar-refractivity contribution in [1.29, 1.82) is 0 Å². The molecule has 0 unspecified atom stereocenters. The summed E-state index contributed by atoms with van der Waals surface area (Å²) in [5, 5.41) is 1.38. The lowest BCUT2D eigenvalue weighted by atomic mass is 10.1. The van der Waals surface area contributed by atoms with Crippen LogP contribution in [0.25, 0.3) is 10.8 Å². The molecule has 0 N–H and O–H groups in total. The zero-order valence-electron chi connectivity index (χ0n) is 8.52. The number of hydrogen-bond donors (Lipinski definition) is 0. The fraction of sp³-hybridized carbons (Fsp3) is 0. The number of hydrogen-bond acceptors (Lipinski definition) is 6. The van der Waals surface area contributed by atoms with Crippen LogP contribution in [0.5, 0.6) is 0 Å². The predicted octanol–water partition coefficient (Wildman–Crippen LogP) is 4.05. The lowest BCUT2D eigenvalue weighted by molar-refractivity contribution is 1.42. The van der Waals surface area contributed by atoms with E-state index in [1.54, 1.807) is 36.4 Å². The van der Waals surface area contributed by atoms with E-state index in [0.717, 1.165) is 5.39 Å². The monoisotopic (exact) mass is 249 g/mol. The van der Waals surface area contributed by atoms with Crippen LogP contribution in [-0.2, 0) is 0 Å². The van der Waals surface area contributed by atoms with Crippen LogP contribution in [0.15, 0.2) is 61.1 Å². The molecule has 0 aliphatic heterocycles. The number of nitroso groups, excluding NO2 is 3. The second kappa shape index (κ2) is 4.38. The zero-order valence-corrected chi connectivity index (χ0v) is 9.33. The van der Waals surface area contributed by atoms with Crippen molar-refractivity contribution < 1.29 is 0 Å². The van der Waals surface area contributed by atoms with Crippen LogP contribution < -0.4 is 0 Å². The molecule has 0 aromatic heterocycles. The van der Waals surface area contributed by atoms with Crippen molar-refractivity contribution in [3.63, 3.8) is 0 Å². The summed E-state index contributed by atoms with van der Waals surface area (Å²) in [6.07, 6.45) is 0. The number of nitrogens with zero attached hydrogens (tertiary/aromatic N) is 3. The molecule has 2 aromatic rings. The van der Waals surface area contributed by atoms with Crippen LogP contribution in [0.2, 0.25) is 0 Å². The summed E-state index contributed by atoms with van der Waals surface area (Å²) in [5.41, 5.74) is 0. The molecule has 7 heteroatoms. The highest BCUT2D eigenvalue weighted by atomic mass is 32.3. The molecular formula is C10H7N3O3S. The molecule has 0 saturated heterocycles. The van der Waals surface area contributed by atoms with Crippen molar-refractivity contribution in [3.8, 4) is 0 Å². The molecule has 2 aromatic carbocycles. The van der Waals surface area contributed by atoms with Gasteiger partial charge >= 0.3 is 0 Å². The van der Waals surface area contributed by atoms with Crippen molar-refractivity contribution in [3.05, 3.63) is 57.2 Å². The van der Waals surface area contributed by atoms with Gasteiger partial charge in [0.05, 0.1) is 4.90 Å². The van der Waals surface area contributed by atoms with E-state index in [-0.39, 0.29) is 4.90 Å². The smallest absolute Gasteiger partial charge is 0.135 e. The molecule has 0 spiro atoms. The van der Waals surface area contributed by atoms with Crippen LogP contribution in [0.1, 0.15) is 0 Å². The Balaban J connectivity index is 2.82. The van der Waals surface area contributed by atoms with E-state index in [0.29, 0.717) is 5.39 Å². The Labute approximate surface area is 97.7 Å². The third-order valence-electron chi connectivity index (χ3n) is 2.36. The van der Waals surface area contributed by atoms with Gasteiger partial charge in [0.15, 0.2) is 10.6 Å². The van der Waals surface area contributed by atoms with E-state index >= 15 is 0 Å². The molecule has 6 nitrogen and oxygen atoms in total. The lowest BCUT2D eigenvalue weighted by Crippen LogP contribution is -1.90. The maximum absolute atomic E-state index is 10.7. The molecule has 0 aliphatic carbocycles. The average molecular weight is 249 g/mol. The molecule has 0 saturated carbocycles. The molecule has 17 heavy (non-hydrogen) atoms. The van der Waals surface area contributed by atoms with E-state index in [9.17, 15) is 14.7 Å². The fourth-order valence-electron chi connectivity index (χ4n) is 1.60. The topological polar surface area (TPSA) is 88.3 Å². The van der Waals surface area contributed by atoms with E-state index in [2.05, 4.69) is 13.7 Å². The van der Waals surface area contributed by atoms with Crippen molar-refractivity contribution in [1.82, 2.24) is 0 Å². The minimum atomic E-state index is -3.41. The normalized spacial score (nSPS) is 12.0. The zero-order chi connectivity index (χ0) is 12.3. The van der Waals surface area contributed by atoms with Gasteiger partial charge < -0.3 is 0 Å². The molecule has 0 heterocycles. The molecule has 0 aliphatic rings. The summed E-state index contributed by atoms with van der Waals surface area (Å²) in [5.74, 6) is 0. The molecule has 86 valence electrons. The minimum absolute atomic E-state index is 0.176. The molecule has 0 amide bonds. The van der Waals surface area contributed by atoms with Gasteiger partial charge in [0.1, 0.15) is 0 Å². The summed E-state index contributed by atoms with van der Waals surface area (Å²) < 4.78 is 7.66. The molecule has 0 radical (unpaired) electrons. The van der Waals surface area contributed by atoms with Crippen molar-refractivity contribution in [2.45, 2.75) is 4.90 Å². The highest BCUT2D eigenvalue weighted by Gasteiger charge is 2.32. The summed E-state index contributed by atoms with van der Waals surface area (Å²) in [7, 11) is -3.41. The number of benzene rings is 2. The van der Waals surface area contributed by atoms with Crippen molar-refractivity contribution in [2.75, 3.05) is 0 Å². The Morgan fingerprint density at radius 1 is 0.765 bits per heavy atom. The first-order valence-electron chi connectivity index (χ1n) is 4.62. The van der Waals surface area contributed by atoms with Crippen molar-refractivity contribution >= 4 is 21.4 Å². The Bertz CT molecular complexity index is 575. The Hall–Kier alpha value is -2.15. The molecular weight excluding hydrogens is 242 g/mol. The fourth-order valence-corrected chi connectivity index (χ4v) is 2.66. The first-order chi connectivity index (χ1) is 8.27. The third-order valence-corrected chi connectivity index (χ3v) is 3.93. The van der Waals surface area contributed by atoms with Gasteiger partial charge in [0.2, 0.25) is 0 Å². The van der Waals surface area contributed by atoms with Crippen LogP contribution in [0, 0.1) is 14.7 Å². The van der Waals surface area contributed by atoms with E-state index in [4.69, 9.17) is 0 Å². The summed E-state index contributed by atoms with van der Waals surface area (Å²) in [4.78, 5) is 32.4. The van der Waals surface area contributed by atoms with Crippen molar-refractivity contribution in [2.24, 2.45) is 13.7 Å². The second-order valence-corrected chi connectivity index (χ2v) is 5.14. The van der Waals surface area contributed by atoms with E-state index in [1.165, 1.54) is 6.07 Å². The average Bonchev–Trinajstić information content (AvgIpc) is 2.41. The molecule has 2 rings (SSSR count). The number of fused-ring (bicyclic) bond motifs is 1. The first-order valence-corrected chi connectivity index (χ1v) is 6.12. The minimum Gasteiger partial charge on any atom is -0.135 e. The summed E-state index contributed by atoms with van der Waals surface area (Å²) in [6.45, 7) is 0. The SMILES string of the molecule is O=NS(N=O)(N=O)c1cccc2ccccc12. The number of rotatable bonds is 4. The van der Waals surface area contributed by atoms with Gasteiger partial charge in [0, 0.05) is 13.7 Å². The predicted molar refractivity (Wildman–Crippen MR) is 67.2 cm³/mol. The maximum Gasteiger partial charge on any atom is 0.198 e. The van der Waals surface area contributed by atoms with Gasteiger partial charge in [-0.05, 0) is 16.8 Å². The van der Waals surface area contributed by atoms with Gasteiger partial charge in [-0.15, -0.1) is 14.7 Å². The highest BCUT2D eigenvalue weighted by molar-refractivity contribution is 8.30. The highest BCUT2D eigenvalue weighted by Crippen LogP contribution is 2.61. The first kappa shape index (κ1) is 11.3. The Kier molecular flexibility index (Phi) is 2.92. The Morgan fingerprint density at radius 3 is 2.00 bits per heavy atom. The van der Waals surface area contributed by atoms with Gasteiger partial charge in [-0.25, -0.2) is 0 Å². The summed E-state index contributed by atoms with van der Waals surface area (Å²) >= 11 is 0. The van der Waals surface area contributed by atoms with E-state index in [1.807, 2.05) is 0 Å². The second-order valence-electron chi connectivity index (χ2n) is 3.22. The van der Waals surface area contributed by atoms with Crippen LogP contribution in [0.3, 0.4) is 0 Å². The summed E-state index contributed by atoms with van der Waals surface area (Å²) in [6, 6.07) is 11.9. The lowest BCUT2D eigenvalue weighted by Gasteiger charge is -2.15. The van der Waals surface area contributed by atoms with Gasteiger partial charge in [-0.3, -0.25) is 0 Å². The van der Waals surface area contributed by atoms with Crippen LogP contribution in [-0.4, -0.2) is 0 Å². The maximum atomic E-state index is 10.7. The third kappa shape index (κ3) is 1.70. The molecule has 0 bridgehead atoms. The van der Waals surface area contributed by atoms with Gasteiger partial charge in [-0.1, -0.05) is 36.4 Å². The largest absolute Gasteiger partial charge is 0.198 e. The van der Waals surface area contributed by atoms with Crippen LogP contribution in [0.4, 0.5) is 0 Å². The standard InChI is InChI=1S/C10H7N3O3S/c14-11-17(12-15,13-16)10-7-3-5-8-4-1-2-6-9(8)10/h1-7H. The molecule has 0 fully saturated rings. The van der Waals surface area contributed by atoms with Gasteiger partial charge in [0.25, 0.3) is 0 Å². The van der Waals surface area contributed by atoms with E-state index < -0.39 is 10.6 Å². The van der Waals surface area contributed by atoms with Gasteiger partial charge in [-0.2, -0.15) is 0 Å². The quantitative estimate of drug-likeness (QED) is 0.765. The Morgan fingerprint density at radius 2 is 1.35 bits per heavy atom.